The normalized spacial score (nSPS) is 21.2. The van der Waals surface area contributed by atoms with Gasteiger partial charge in [-0.25, -0.2) is 8.78 Å². The van der Waals surface area contributed by atoms with E-state index >= 15 is 0 Å². The van der Waals surface area contributed by atoms with Crippen LogP contribution in [0.2, 0.25) is 0 Å². The number of amides is 1. The summed E-state index contributed by atoms with van der Waals surface area (Å²) in [5.41, 5.74) is -0.372. The van der Waals surface area contributed by atoms with Crippen LogP contribution < -0.4 is 5.32 Å². The maximum absolute atomic E-state index is 13.0. The smallest absolute Gasteiger partial charge is 0.248 e. The summed E-state index contributed by atoms with van der Waals surface area (Å²) in [4.78, 5) is 11.2. The van der Waals surface area contributed by atoms with Crippen LogP contribution in [0.4, 0.5) is 8.78 Å². The van der Waals surface area contributed by atoms with E-state index in [2.05, 4.69) is 5.32 Å². The van der Waals surface area contributed by atoms with Gasteiger partial charge in [0, 0.05) is 18.4 Å². The number of nitrogens with one attached hydrogen (secondary N) is 1. The van der Waals surface area contributed by atoms with Crippen LogP contribution in [0.5, 0.6) is 0 Å². The lowest BCUT2D eigenvalue weighted by atomic mass is 9.79. The average molecular weight is 268 g/mol. The summed E-state index contributed by atoms with van der Waals surface area (Å²) in [6.45, 7) is 3.81. The first-order valence-electron chi connectivity index (χ1n) is 5.99. The van der Waals surface area contributed by atoms with Crippen molar-refractivity contribution < 1.29 is 13.6 Å². The van der Waals surface area contributed by atoms with Crippen molar-refractivity contribution in [1.82, 2.24) is 5.32 Å². The minimum absolute atomic E-state index is 0.0306. The Balaban J connectivity index is 2.41. The van der Waals surface area contributed by atoms with E-state index in [0.29, 0.717) is 12.8 Å². The lowest BCUT2D eigenvalue weighted by Crippen LogP contribution is -2.46. The van der Waals surface area contributed by atoms with Crippen molar-refractivity contribution in [2.75, 3.05) is 5.88 Å². The Kier molecular flexibility index (Phi) is 4.76. The fraction of sp³-hybridized carbons (Fsp3) is 0.917. The number of rotatable bonds is 4. The molecule has 1 saturated carbocycles. The van der Waals surface area contributed by atoms with Gasteiger partial charge in [-0.2, -0.15) is 0 Å². The third-order valence-electron chi connectivity index (χ3n) is 3.23. The topological polar surface area (TPSA) is 29.1 Å². The molecule has 0 aliphatic heterocycles. The van der Waals surface area contributed by atoms with E-state index in [1.807, 2.05) is 13.8 Å². The van der Waals surface area contributed by atoms with Crippen LogP contribution in [-0.2, 0) is 4.79 Å². The molecule has 0 aromatic carbocycles. The minimum Gasteiger partial charge on any atom is -0.350 e. The summed E-state index contributed by atoms with van der Waals surface area (Å²) in [5, 5.41) is 2.82. The van der Waals surface area contributed by atoms with Crippen LogP contribution in [0.1, 0.15) is 46.0 Å². The lowest BCUT2D eigenvalue weighted by molar-refractivity contribution is -0.120. The molecule has 0 bridgehead atoms. The summed E-state index contributed by atoms with van der Waals surface area (Å²) in [6.07, 6.45) is 1.74. The van der Waals surface area contributed by atoms with Crippen LogP contribution in [0.15, 0.2) is 0 Å². The van der Waals surface area contributed by atoms with Crippen LogP contribution in [0, 0.1) is 5.92 Å². The van der Waals surface area contributed by atoms with Crippen molar-refractivity contribution in [2.24, 2.45) is 5.92 Å². The third kappa shape index (κ3) is 5.19. The van der Waals surface area contributed by atoms with Crippen molar-refractivity contribution in [3.63, 3.8) is 0 Å². The molecule has 0 spiro atoms. The number of alkyl halides is 3. The first kappa shape index (κ1) is 14.7. The van der Waals surface area contributed by atoms with Crippen LogP contribution >= 0.6 is 11.6 Å². The quantitative estimate of drug-likeness (QED) is 0.778. The zero-order valence-electron chi connectivity index (χ0n) is 10.4. The van der Waals surface area contributed by atoms with Gasteiger partial charge in [0.2, 0.25) is 11.8 Å². The Morgan fingerprint density at radius 2 is 1.94 bits per heavy atom. The molecule has 0 saturated heterocycles. The summed E-state index contributed by atoms with van der Waals surface area (Å²) in [6, 6.07) is 0. The zero-order valence-corrected chi connectivity index (χ0v) is 11.1. The first-order chi connectivity index (χ1) is 7.74. The van der Waals surface area contributed by atoms with Gasteiger partial charge in [0.25, 0.3) is 0 Å². The second-order valence-corrected chi connectivity index (χ2v) is 5.84. The fourth-order valence-electron chi connectivity index (χ4n) is 2.49. The predicted octanol–water partition coefficient (Wildman–Crippen LogP) is 3.34. The van der Waals surface area contributed by atoms with E-state index < -0.39 is 5.92 Å². The van der Waals surface area contributed by atoms with Gasteiger partial charge in [-0.05, 0) is 39.0 Å². The van der Waals surface area contributed by atoms with Crippen molar-refractivity contribution >= 4 is 17.5 Å². The Bertz CT molecular complexity index is 272. The highest BCUT2D eigenvalue weighted by atomic mass is 35.5. The molecule has 0 atom stereocenters. The summed E-state index contributed by atoms with van der Waals surface area (Å²) in [5.74, 6) is -2.50. The van der Waals surface area contributed by atoms with E-state index in [1.54, 1.807) is 0 Å². The van der Waals surface area contributed by atoms with Crippen molar-refractivity contribution in [3.05, 3.63) is 0 Å². The first-order valence-corrected chi connectivity index (χ1v) is 6.52. The maximum atomic E-state index is 13.0. The Morgan fingerprint density at radius 1 is 1.41 bits per heavy atom. The third-order valence-corrected chi connectivity index (χ3v) is 3.48. The molecule has 0 radical (unpaired) electrons. The molecule has 0 heterocycles. The van der Waals surface area contributed by atoms with E-state index in [1.165, 1.54) is 0 Å². The van der Waals surface area contributed by atoms with Crippen LogP contribution in [0.3, 0.4) is 0 Å². The van der Waals surface area contributed by atoms with Gasteiger partial charge in [0.15, 0.2) is 0 Å². The minimum atomic E-state index is -2.49. The average Bonchev–Trinajstić information content (AvgIpc) is 2.20. The molecule has 0 aromatic heterocycles. The van der Waals surface area contributed by atoms with E-state index in [0.717, 1.165) is 6.42 Å². The van der Waals surface area contributed by atoms with Gasteiger partial charge < -0.3 is 5.32 Å². The van der Waals surface area contributed by atoms with Crippen molar-refractivity contribution in [1.29, 1.82) is 0 Å². The Morgan fingerprint density at radius 3 is 2.41 bits per heavy atom. The molecule has 1 rings (SSSR count). The van der Waals surface area contributed by atoms with Gasteiger partial charge in [0.1, 0.15) is 5.88 Å². The molecule has 1 amide bonds. The largest absolute Gasteiger partial charge is 0.350 e. The maximum Gasteiger partial charge on any atom is 0.248 e. The molecule has 1 aliphatic carbocycles. The highest BCUT2D eigenvalue weighted by Crippen LogP contribution is 2.39. The number of hydrogen-bond acceptors (Lipinski definition) is 1. The predicted molar refractivity (Wildman–Crippen MR) is 64.5 cm³/mol. The van der Waals surface area contributed by atoms with Crippen molar-refractivity contribution in [3.8, 4) is 0 Å². The van der Waals surface area contributed by atoms with E-state index in [9.17, 15) is 13.6 Å². The monoisotopic (exact) mass is 267 g/mol. The molecular formula is C12H20ClF2NO. The Labute approximate surface area is 106 Å². The summed E-state index contributed by atoms with van der Waals surface area (Å²) >= 11 is 5.43. The van der Waals surface area contributed by atoms with Crippen molar-refractivity contribution in [2.45, 2.75) is 57.4 Å². The highest BCUT2D eigenvalue weighted by Gasteiger charge is 2.36. The van der Waals surface area contributed by atoms with Crippen LogP contribution in [-0.4, -0.2) is 23.2 Å². The van der Waals surface area contributed by atoms with Gasteiger partial charge in [-0.3, -0.25) is 4.79 Å². The van der Waals surface area contributed by atoms with Gasteiger partial charge >= 0.3 is 0 Å². The molecule has 1 fully saturated rings. The van der Waals surface area contributed by atoms with Crippen LogP contribution in [0.25, 0.3) is 0 Å². The molecule has 17 heavy (non-hydrogen) atoms. The SMILES string of the molecule is CC(C)(CC1CCC(F)(F)CC1)NC(=O)CCl. The summed E-state index contributed by atoms with van der Waals surface area (Å²) < 4.78 is 26.0. The Hall–Kier alpha value is -0.380. The summed E-state index contributed by atoms with van der Waals surface area (Å²) in [7, 11) is 0. The fourth-order valence-corrected chi connectivity index (χ4v) is 2.55. The molecule has 2 nitrogen and oxygen atoms in total. The number of hydrogen-bond donors (Lipinski definition) is 1. The van der Waals surface area contributed by atoms with Gasteiger partial charge in [-0.15, -0.1) is 11.6 Å². The number of halogens is 3. The zero-order chi connectivity index (χ0) is 13.1. The molecule has 5 heteroatoms. The van der Waals surface area contributed by atoms with Gasteiger partial charge in [-0.1, -0.05) is 0 Å². The molecule has 1 N–H and O–H groups in total. The second-order valence-electron chi connectivity index (χ2n) is 5.57. The molecule has 0 unspecified atom stereocenters. The molecule has 100 valence electrons. The molecular weight excluding hydrogens is 248 g/mol. The second kappa shape index (κ2) is 5.51. The molecule has 0 aromatic rings. The van der Waals surface area contributed by atoms with E-state index in [-0.39, 0.29) is 36.1 Å². The highest BCUT2D eigenvalue weighted by molar-refractivity contribution is 6.27. The standard InChI is InChI=1S/C12H20ClF2NO/c1-11(2,16-10(17)8-13)7-9-3-5-12(14,15)6-4-9/h9H,3-8H2,1-2H3,(H,16,17). The van der Waals surface area contributed by atoms with E-state index in [4.69, 9.17) is 11.6 Å². The van der Waals surface area contributed by atoms with Gasteiger partial charge in [0.05, 0.1) is 0 Å². The molecule has 1 aliphatic rings. The lowest BCUT2D eigenvalue weighted by Gasteiger charge is -2.34. The number of carbonyl (C=O) groups is 1. The number of carbonyl (C=O) groups excluding carboxylic acids is 1.